The predicted molar refractivity (Wildman–Crippen MR) is 81.3 cm³/mol. The average molecular weight is 270 g/mol. The molecule has 4 aliphatic rings. The number of aromatic nitrogens is 1. The molecule has 1 N–H and O–H groups in total. The van der Waals surface area contributed by atoms with Crippen molar-refractivity contribution >= 4 is 0 Å². The molecule has 1 aromatic rings. The van der Waals surface area contributed by atoms with Crippen LogP contribution in [0.3, 0.4) is 0 Å². The Hall–Kier alpha value is -0.890. The molecule has 1 aromatic heterocycles. The quantitative estimate of drug-likeness (QED) is 0.899. The molecule has 4 aliphatic carbocycles. The van der Waals surface area contributed by atoms with Crippen LogP contribution in [-0.4, -0.2) is 12.0 Å². The van der Waals surface area contributed by atoms with E-state index in [0.717, 1.165) is 11.8 Å². The second-order valence-electron chi connectivity index (χ2n) is 8.14. The summed E-state index contributed by atoms with van der Waals surface area (Å²) in [7, 11) is 2.14. The molecule has 2 heteroatoms. The number of nitrogens with zero attached hydrogens (tertiary/aromatic N) is 1. The van der Waals surface area contributed by atoms with Crippen LogP contribution in [0, 0.1) is 22.7 Å². The van der Waals surface area contributed by atoms with Crippen molar-refractivity contribution in [3.63, 3.8) is 0 Å². The van der Waals surface area contributed by atoms with Gasteiger partial charge in [0.15, 0.2) is 0 Å². The molecular weight excluding hydrogens is 244 g/mol. The maximum atomic E-state index is 4.36. The smallest absolute Gasteiger partial charge is 0.0390 e. The monoisotopic (exact) mass is 270 g/mol. The molecule has 3 atom stereocenters. The van der Waals surface area contributed by atoms with Crippen LogP contribution < -0.4 is 5.32 Å². The van der Waals surface area contributed by atoms with Gasteiger partial charge in [-0.05, 0) is 79.9 Å². The molecule has 0 aliphatic heterocycles. The number of hydrogen-bond acceptors (Lipinski definition) is 2. The Morgan fingerprint density at radius 1 is 1.25 bits per heavy atom. The Balaban J connectivity index is 1.73. The highest BCUT2D eigenvalue weighted by Crippen LogP contribution is 2.68. The Bertz CT molecular complexity index is 481. The maximum absolute atomic E-state index is 4.36. The van der Waals surface area contributed by atoms with Crippen LogP contribution in [0.25, 0.3) is 0 Å². The van der Waals surface area contributed by atoms with Gasteiger partial charge >= 0.3 is 0 Å². The van der Waals surface area contributed by atoms with Gasteiger partial charge in [-0.3, -0.25) is 4.98 Å². The molecule has 108 valence electrons. The Morgan fingerprint density at radius 3 is 2.55 bits per heavy atom. The lowest BCUT2D eigenvalue weighted by Crippen LogP contribution is -2.55. The van der Waals surface area contributed by atoms with Crippen LogP contribution in [0.1, 0.15) is 57.1 Å². The molecule has 0 spiro atoms. The van der Waals surface area contributed by atoms with Gasteiger partial charge in [-0.15, -0.1) is 0 Å². The molecular formula is C18H26N2. The Kier molecular flexibility index (Phi) is 2.76. The van der Waals surface area contributed by atoms with Crippen molar-refractivity contribution in [2.24, 2.45) is 22.7 Å². The molecule has 5 rings (SSSR count). The van der Waals surface area contributed by atoms with E-state index in [9.17, 15) is 0 Å². The van der Waals surface area contributed by atoms with Crippen LogP contribution in [0.5, 0.6) is 0 Å². The van der Waals surface area contributed by atoms with Gasteiger partial charge in [-0.1, -0.05) is 13.0 Å². The van der Waals surface area contributed by atoms with Gasteiger partial charge in [0.05, 0.1) is 0 Å². The van der Waals surface area contributed by atoms with Gasteiger partial charge in [0.25, 0.3) is 0 Å². The van der Waals surface area contributed by atoms with E-state index in [0.29, 0.717) is 16.9 Å². The van der Waals surface area contributed by atoms with Crippen molar-refractivity contribution in [2.45, 2.75) is 51.5 Å². The first-order valence-electron chi connectivity index (χ1n) is 8.20. The normalized spacial score (nSPS) is 43.7. The maximum Gasteiger partial charge on any atom is 0.0390 e. The third kappa shape index (κ3) is 1.84. The summed E-state index contributed by atoms with van der Waals surface area (Å²) in [6.07, 6.45) is 12.7. The summed E-state index contributed by atoms with van der Waals surface area (Å²) >= 11 is 0. The van der Waals surface area contributed by atoms with E-state index >= 15 is 0 Å². The van der Waals surface area contributed by atoms with E-state index in [1.54, 1.807) is 0 Å². The van der Waals surface area contributed by atoms with Crippen LogP contribution >= 0.6 is 0 Å². The molecule has 0 radical (unpaired) electrons. The zero-order valence-corrected chi connectivity index (χ0v) is 12.7. The van der Waals surface area contributed by atoms with Crippen molar-refractivity contribution in [3.05, 3.63) is 30.1 Å². The molecule has 4 saturated carbocycles. The average Bonchev–Trinajstić information content (AvgIpc) is 2.37. The number of pyridine rings is 1. The SMILES string of the molecule is CNC(c1cccnc1)C12CC3CC(CC(C)(C3)C1)C2. The largest absolute Gasteiger partial charge is 0.312 e. The topological polar surface area (TPSA) is 24.9 Å². The zero-order chi connectivity index (χ0) is 13.8. The fourth-order valence-corrected chi connectivity index (χ4v) is 6.51. The Labute approximate surface area is 122 Å². The number of rotatable bonds is 3. The van der Waals surface area contributed by atoms with Gasteiger partial charge in [0.2, 0.25) is 0 Å². The van der Waals surface area contributed by atoms with E-state index < -0.39 is 0 Å². The highest BCUT2D eigenvalue weighted by Gasteiger charge is 2.58. The zero-order valence-electron chi connectivity index (χ0n) is 12.7. The fourth-order valence-electron chi connectivity index (χ4n) is 6.51. The first kappa shape index (κ1) is 12.8. The number of hydrogen-bond donors (Lipinski definition) is 1. The summed E-state index contributed by atoms with van der Waals surface area (Å²) in [6, 6.07) is 4.83. The lowest BCUT2D eigenvalue weighted by Gasteiger charge is -2.63. The van der Waals surface area contributed by atoms with Gasteiger partial charge in [0, 0.05) is 18.4 Å². The summed E-state index contributed by atoms with van der Waals surface area (Å²) in [5.74, 6) is 1.96. The van der Waals surface area contributed by atoms with E-state index in [1.807, 2.05) is 6.20 Å². The van der Waals surface area contributed by atoms with Crippen LogP contribution in [0.15, 0.2) is 24.5 Å². The lowest BCUT2D eigenvalue weighted by molar-refractivity contribution is -0.118. The molecule has 3 unspecified atom stereocenters. The molecule has 4 bridgehead atoms. The third-order valence-electron chi connectivity index (χ3n) is 6.32. The van der Waals surface area contributed by atoms with Gasteiger partial charge < -0.3 is 5.32 Å². The minimum Gasteiger partial charge on any atom is -0.312 e. The molecule has 0 aromatic carbocycles. The van der Waals surface area contributed by atoms with Gasteiger partial charge in [0.1, 0.15) is 0 Å². The molecule has 0 amide bonds. The van der Waals surface area contributed by atoms with E-state index in [4.69, 9.17) is 0 Å². The van der Waals surface area contributed by atoms with Gasteiger partial charge in [-0.2, -0.15) is 0 Å². The van der Waals surface area contributed by atoms with Crippen molar-refractivity contribution in [2.75, 3.05) is 7.05 Å². The van der Waals surface area contributed by atoms with Gasteiger partial charge in [-0.25, -0.2) is 0 Å². The lowest BCUT2D eigenvalue weighted by atomic mass is 9.43. The highest BCUT2D eigenvalue weighted by atomic mass is 14.9. The minimum absolute atomic E-state index is 0.483. The molecule has 20 heavy (non-hydrogen) atoms. The molecule has 4 fully saturated rings. The fraction of sp³-hybridized carbons (Fsp3) is 0.722. The molecule has 1 heterocycles. The summed E-state index contributed by atoms with van der Waals surface area (Å²) < 4.78 is 0. The Morgan fingerprint density at radius 2 is 2.00 bits per heavy atom. The molecule has 2 nitrogen and oxygen atoms in total. The number of nitrogens with one attached hydrogen (secondary N) is 1. The van der Waals surface area contributed by atoms with Crippen molar-refractivity contribution in [1.82, 2.24) is 10.3 Å². The van der Waals surface area contributed by atoms with Crippen molar-refractivity contribution < 1.29 is 0 Å². The summed E-state index contributed by atoms with van der Waals surface area (Å²) in [6.45, 7) is 2.55. The van der Waals surface area contributed by atoms with E-state index in [1.165, 1.54) is 44.1 Å². The van der Waals surface area contributed by atoms with Crippen LogP contribution in [0.4, 0.5) is 0 Å². The highest BCUT2D eigenvalue weighted by molar-refractivity contribution is 5.21. The summed E-state index contributed by atoms with van der Waals surface area (Å²) in [5, 5.41) is 3.65. The van der Waals surface area contributed by atoms with E-state index in [-0.39, 0.29) is 0 Å². The first-order valence-corrected chi connectivity index (χ1v) is 8.20. The summed E-state index contributed by atoms with van der Waals surface area (Å²) in [4.78, 5) is 4.36. The van der Waals surface area contributed by atoms with Crippen LogP contribution in [0.2, 0.25) is 0 Å². The second-order valence-corrected chi connectivity index (χ2v) is 8.14. The summed E-state index contributed by atoms with van der Waals surface area (Å²) in [5.41, 5.74) is 2.48. The standard InChI is InChI=1S/C18H26N2/c1-17-7-13-6-14(8-17)10-18(9-13,12-17)16(19-2)15-4-3-5-20-11-15/h3-5,11,13-14,16,19H,6-10,12H2,1-2H3. The van der Waals surface area contributed by atoms with Crippen LogP contribution in [-0.2, 0) is 0 Å². The van der Waals surface area contributed by atoms with E-state index in [2.05, 4.69) is 42.6 Å². The van der Waals surface area contributed by atoms with Crippen molar-refractivity contribution in [1.29, 1.82) is 0 Å². The minimum atomic E-state index is 0.483. The second kappa shape index (κ2) is 4.30. The predicted octanol–water partition coefficient (Wildman–Crippen LogP) is 3.95. The van der Waals surface area contributed by atoms with Crippen molar-refractivity contribution in [3.8, 4) is 0 Å². The first-order chi connectivity index (χ1) is 9.62. The molecule has 0 saturated heterocycles. The third-order valence-corrected chi connectivity index (χ3v) is 6.32.